The third-order valence-corrected chi connectivity index (χ3v) is 3.20. The lowest BCUT2D eigenvalue weighted by Gasteiger charge is -2.00. The minimum Gasteiger partial charge on any atom is -0.294 e. The Morgan fingerprint density at radius 3 is 2.88 bits per heavy atom. The average molecular weight is 245 g/mol. The van der Waals surface area contributed by atoms with Crippen LogP contribution in [0.15, 0.2) is 35.7 Å². The van der Waals surface area contributed by atoms with E-state index in [0.29, 0.717) is 5.56 Å². The van der Waals surface area contributed by atoms with Crippen LogP contribution < -0.4 is 0 Å². The lowest BCUT2D eigenvalue weighted by molar-refractivity contribution is 0.0994. The summed E-state index contributed by atoms with van der Waals surface area (Å²) in [5.41, 5.74) is 0.276. The fraction of sp³-hybridized carbons (Fsp3) is 0.0769. The lowest BCUT2D eigenvalue weighted by atomic mass is 10.0. The largest absolute Gasteiger partial charge is 0.294 e. The molecule has 1 heterocycles. The van der Waals surface area contributed by atoms with Crippen molar-refractivity contribution < 1.29 is 9.18 Å². The Hall–Kier alpha value is -1.99. The summed E-state index contributed by atoms with van der Waals surface area (Å²) in [5, 5.41) is 10.6. The van der Waals surface area contributed by atoms with Crippen LogP contribution in [0.3, 0.4) is 0 Å². The summed E-state index contributed by atoms with van der Waals surface area (Å²) in [5.74, 6) is -0.705. The summed E-state index contributed by atoms with van der Waals surface area (Å²) in [7, 11) is 0. The first-order valence-corrected chi connectivity index (χ1v) is 5.84. The van der Waals surface area contributed by atoms with Gasteiger partial charge in [0.15, 0.2) is 5.78 Å². The molecule has 2 aromatic rings. The first-order chi connectivity index (χ1) is 8.20. The third-order valence-electron chi connectivity index (χ3n) is 2.32. The molecule has 0 atom stereocenters. The summed E-state index contributed by atoms with van der Waals surface area (Å²) < 4.78 is 13.1. The first-order valence-electron chi connectivity index (χ1n) is 4.96. The van der Waals surface area contributed by atoms with Crippen LogP contribution in [0, 0.1) is 17.1 Å². The molecule has 0 saturated heterocycles. The molecule has 0 N–H and O–H groups in total. The van der Waals surface area contributed by atoms with Crippen molar-refractivity contribution in [3.05, 3.63) is 57.5 Å². The molecule has 2 rings (SSSR count). The van der Waals surface area contributed by atoms with Crippen LogP contribution in [0.4, 0.5) is 4.39 Å². The number of Topliss-reactive ketones (excluding diaryl/α,β-unsaturated/α-hetero) is 1. The van der Waals surface area contributed by atoms with Gasteiger partial charge in [-0.1, -0.05) is 6.07 Å². The first kappa shape index (κ1) is 11.5. The van der Waals surface area contributed by atoms with Crippen molar-refractivity contribution in [1.29, 1.82) is 5.26 Å². The Morgan fingerprint density at radius 2 is 2.24 bits per heavy atom. The zero-order valence-electron chi connectivity index (χ0n) is 8.81. The molecule has 1 aromatic carbocycles. The van der Waals surface area contributed by atoms with Crippen LogP contribution in [0.5, 0.6) is 0 Å². The topological polar surface area (TPSA) is 40.9 Å². The Morgan fingerprint density at radius 1 is 1.41 bits per heavy atom. The maximum absolute atomic E-state index is 13.1. The molecule has 84 valence electrons. The minimum atomic E-state index is -0.597. The van der Waals surface area contributed by atoms with Gasteiger partial charge in [0.05, 0.1) is 5.56 Å². The standard InChI is InChI=1S/C13H8FNOS/c14-12-4-3-9(6-10(12)8-15)13(16)7-11-2-1-5-17-11/h1-6H,7H2. The molecule has 0 amide bonds. The maximum Gasteiger partial charge on any atom is 0.168 e. The highest BCUT2D eigenvalue weighted by molar-refractivity contribution is 7.10. The molecule has 0 fully saturated rings. The second kappa shape index (κ2) is 4.89. The fourth-order valence-electron chi connectivity index (χ4n) is 1.46. The highest BCUT2D eigenvalue weighted by Gasteiger charge is 2.10. The average Bonchev–Trinajstić information content (AvgIpc) is 2.82. The number of hydrogen-bond acceptors (Lipinski definition) is 3. The predicted octanol–water partition coefficient (Wildman–Crippen LogP) is 3.18. The Labute approximate surface area is 102 Å². The highest BCUT2D eigenvalue weighted by atomic mass is 32.1. The maximum atomic E-state index is 13.1. The third kappa shape index (κ3) is 2.58. The van der Waals surface area contributed by atoms with E-state index in [1.165, 1.54) is 23.5 Å². The van der Waals surface area contributed by atoms with Gasteiger partial charge in [-0.15, -0.1) is 11.3 Å². The normalized spacial score (nSPS) is 9.88. The fourth-order valence-corrected chi connectivity index (χ4v) is 2.16. The zero-order valence-corrected chi connectivity index (χ0v) is 9.63. The number of benzene rings is 1. The molecule has 0 aliphatic heterocycles. The van der Waals surface area contributed by atoms with E-state index < -0.39 is 5.82 Å². The van der Waals surface area contributed by atoms with E-state index in [2.05, 4.69) is 0 Å². The van der Waals surface area contributed by atoms with Crippen molar-refractivity contribution in [2.45, 2.75) is 6.42 Å². The van der Waals surface area contributed by atoms with E-state index in [4.69, 9.17) is 5.26 Å². The number of nitrogens with zero attached hydrogens (tertiary/aromatic N) is 1. The molecule has 0 saturated carbocycles. The summed E-state index contributed by atoms with van der Waals surface area (Å²) in [6, 6.07) is 9.33. The number of carbonyl (C=O) groups is 1. The molecular weight excluding hydrogens is 237 g/mol. The van der Waals surface area contributed by atoms with Crippen molar-refractivity contribution in [3.8, 4) is 6.07 Å². The van der Waals surface area contributed by atoms with Gasteiger partial charge in [-0.3, -0.25) is 4.79 Å². The van der Waals surface area contributed by atoms with Gasteiger partial charge in [-0.2, -0.15) is 5.26 Å². The number of carbonyl (C=O) groups excluding carboxylic acids is 1. The minimum absolute atomic E-state index is 0.0953. The predicted molar refractivity (Wildman–Crippen MR) is 63.5 cm³/mol. The van der Waals surface area contributed by atoms with E-state index in [-0.39, 0.29) is 17.8 Å². The summed E-state index contributed by atoms with van der Waals surface area (Å²) in [6.07, 6.45) is 0.286. The molecule has 0 radical (unpaired) electrons. The molecule has 17 heavy (non-hydrogen) atoms. The molecule has 0 aliphatic rings. The smallest absolute Gasteiger partial charge is 0.168 e. The van der Waals surface area contributed by atoms with Crippen molar-refractivity contribution in [3.63, 3.8) is 0 Å². The zero-order chi connectivity index (χ0) is 12.3. The van der Waals surface area contributed by atoms with E-state index in [1.54, 1.807) is 6.07 Å². The summed E-state index contributed by atoms with van der Waals surface area (Å²) >= 11 is 1.50. The second-order valence-electron chi connectivity index (χ2n) is 3.49. The molecule has 0 bridgehead atoms. The number of rotatable bonds is 3. The van der Waals surface area contributed by atoms with E-state index in [0.717, 1.165) is 10.9 Å². The van der Waals surface area contributed by atoms with Gasteiger partial charge in [0.2, 0.25) is 0 Å². The number of nitriles is 1. The Bertz CT molecular complexity index is 584. The van der Waals surface area contributed by atoms with E-state index >= 15 is 0 Å². The lowest BCUT2D eigenvalue weighted by Crippen LogP contribution is -2.03. The Balaban J connectivity index is 2.23. The van der Waals surface area contributed by atoms with Gasteiger partial charge in [0.25, 0.3) is 0 Å². The van der Waals surface area contributed by atoms with Gasteiger partial charge in [0.1, 0.15) is 11.9 Å². The van der Waals surface area contributed by atoms with Crippen LogP contribution in [-0.2, 0) is 6.42 Å². The molecular formula is C13H8FNOS. The van der Waals surface area contributed by atoms with E-state index in [9.17, 15) is 9.18 Å². The highest BCUT2D eigenvalue weighted by Crippen LogP contribution is 2.15. The quantitative estimate of drug-likeness (QED) is 0.779. The van der Waals surface area contributed by atoms with E-state index in [1.807, 2.05) is 17.5 Å². The van der Waals surface area contributed by atoms with Crippen LogP contribution in [-0.4, -0.2) is 5.78 Å². The number of ketones is 1. The summed E-state index contributed by atoms with van der Waals surface area (Å²) in [6.45, 7) is 0. The molecule has 2 nitrogen and oxygen atoms in total. The number of halogens is 1. The van der Waals surface area contributed by atoms with Gasteiger partial charge in [-0.25, -0.2) is 4.39 Å². The van der Waals surface area contributed by atoms with Gasteiger partial charge in [0, 0.05) is 16.9 Å². The van der Waals surface area contributed by atoms with Crippen LogP contribution >= 0.6 is 11.3 Å². The molecule has 0 spiro atoms. The second-order valence-corrected chi connectivity index (χ2v) is 4.52. The molecule has 0 aliphatic carbocycles. The Kier molecular flexibility index (Phi) is 3.31. The van der Waals surface area contributed by atoms with Crippen molar-refractivity contribution in [2.75, 3.05) is 0 Å². The number of thiophene rings is 1. The summed E-state index contributed by atoms with van der Waals surface area (Å²) in [4.78, 5) is 12.8. The van der Waals surface area contributed by atoms with Gasteiger partial charge in [-0.05, 0) is 29.6 Å². The molecule has 0 unspecified atom stereocenters. The van der Waals surface area contributed by atoms with Crippen LogP contribution in [0.25, 0.3) is 0 Å². The van der Waals surface area contributed by atoms with Crippen LogP contribution in [0.1, 0.15) is 20.8 Å². The van der Waals surface area contributed by atoms with Crippen molar-refractivity contribution in [2.24, 2.45) is 0 Å². The molecule has 4 heteroatoms. The number of hydrogen-bond donors (Lipinski definition) is 0. The SMILES string of the molecule is N#Cc1cc(C(=O)Cc2cccs2)ccc1F. The van der Waals surface area contributed by atoms with Crippen molar-refractivity contribution >= 4 is 17.1 Å². The van der Waals surface area contributed by atoms with Gasteiger partial charge >= 0.3 is 0 Å². The van der Waals surface area contributed by atoms with Crippen molar-refractivity contribution in [1.82, 2.24) is 0 Å². The van der Waals surface area contributed by atoms with Gasteiger partial charge < -0.3 is 0 Å². The molecule has 1 aromatic heterocycles. The monoisotopic (exact) mass is 245 g/mol. The van der Waals surface area contributed by atoms with Crippen LogP contribution in [0.2, 0.25) is 0 Å².